The van der Waals surface area contributed by atoms with Gasteiger partial charge in [0.1, 0.15) is 0 Å². The Kier molecular flexibility index (Phi) is 5.25. The summed E-state index contributed by atoms with van der Waals surface area (Å²) in [6.07, 6.45) is 0. The van der Waals surface area contributed by atoms with Crippen molar-refractivity contribution in [2.45, 2.75) is 0 Å². The van der Waals surface area contributed by atoms with Crippen LogP contribution in [0.2, 0.25) is 5.02 Å². The topological polar surface area (TPSA) is 109 Å². The predicted molar refractivity (Wildman–Crippen MR) is 70.3 cm³/mol. The molecule has 92 valence electrons. The number of halogens is 1. The molecule has 6 nitrogen and oxygen atoms in total. The molecule has 6 N–H and O–H groups in total. The molecule has 0 saturated carbocycles. The zero-order valence-electron chi connectivity index (χ0n) is 9.10. The SMILES string of the molecule is NC(=NCCO)/N=C(\N)Nc1ccc(Cl)cc1. The van der Waals surface area contributed by atoms with E-state index in [0.29, 0.717) is 5.02 Å². The molecule has 0 aromatic heterocycles. The number of guanidine groups is 2. The Bertz CT molecular complexity index is 415. The Hall–Kier alpha value is -1.79. The Morgan fingerprint density at radius 3 is 2.53 bits per heavy atom. The van der Waals surface area contributed by atoms with Gasteiger partial charge in [-0.3, -0.25) is 0 Å². The van der Waals surface area contributed by atoms with Gasteiger partial charge in [-0.05, 0) is 24.3 Å². The molecule has 0 spiro atoms. The lowest BCUT2D eigenvalue weighted by molar-refractivity contribution is 0.307. The zero-order chi connectivity index (χ0) is 12.7. The lowest BCUT2D eigenvalue weighted by Crippen LogP contribution is -2.26. The number of hydrogen-bond donors (Lipinski definition) is 4. The number of nitrogens with one attached hydrogen (secondary N) is 1. The molecule has 0 saturated heterocycles. The molecule has 1 rings (SSSR count). The molecular formula is C10H14ClN5O. The fraction of sp³-hybridized carbons (Fsp3) is 0.200. The van der Waals surface area contributed by atoms with Gasteiger partial charge in [0.05, 0.1) is 13.2 Å². The van der Waals surface area contributed by atoms with Crippen molar-refractivity contribution in [3.8, 4) is 0 Å². The first-order valence-corrected chi connectivity index (χ1v) is 5.27. The first-order chi connectivity index (χ1) is 8.11. The molecule has 1 aromatic carbocycles. The van der Waals surface area contributed by atoms with E-state index in [-0.39, 0.29) is 25.1 Å². The second kappa shape index (κ2) is 6.72. The molecule has 0 amide bonds. The summed E-state index contributed by atoms with van der Waals surface area (Å²) in [5, 5.41) is 12.0. The highest BCUT2D eigenvalue weighted by Gasteiger charge is 1.96. The van der Waals surface area contributed by atoms with Crippen LogP contribution < -0.4 is 16.8 Å². The largest absolute Gasteiger partial charge is 0.394 e. The quantitative estimate of drug-likeness (QED) is 0.462. The number of anilines is 1. The molecule has 0 bridgehead atoms. The summed E-state index contributed by atoms with van der Waals surface area (Å²) in [6.45, 7) is 0.115. The molecule has 0 aliphatic heterocycles. The van der Waals surface area contributed by atoms with Crippen LogP contribution in [0.3, 0.4) is 0 Å². The van der Waals surface area contributed by atoms with Crippen molar-refractivity contribution >= 4 is 29.2 Å². The Labute approximate surface area is 104 Å². The normalized spacial score (nSPS) is 12.6. The summed E-state index contributed by atoms with van der Waals surface area (Å²) in [5.74, 6) is 0.129. The molecule has 0 atom stereocenters. The van der Waals surface area contributed by atoms with Gasteiger partial charge in [0.25, 0.3) is 0 Å². The average Bonchev–Trinajstić information content (AvgIpc) is 2.29. The summed E-state index contributed by atoms with van der Waals surface area (Å²) in [4.78, 5) is 7.55. The van der Waals surface area contributed by atoms with Crippen LogP contribution in [0, 0.1) is 0 Å². The highest BCUT2D eigenvalue weighted by molar-refractivity contribution is 6.30. The molecule has 0 aliphatic carbocycles. The molecule has 17 heavy (non-hydrogen) atoms. The Morgan fingerprint density at radius 1 is 1.29 bits per heavy atom. The fourth-order valence-electron chi connectivity index (χ4n) is 1.03. The minimum Gasteiger partial charge on any atom is -0.394 e. The van der Waals surface area contributed by atoms with E-state index in [0.717, 1.165) is 5.69 Å². The fourth-order valence-corrected chi connectivity index (χ4v) is 1.16. The van der Waals surface area contributed by atoms with E-state index >= 15 is 0 Å². The summed E-state index contributed by atoms with van der Waals surface area (Å²) in [7, 11) is 0. The van der Waals surface area contributed by atoms with Crippen molar-refractivity contribution in [3.05, 3.63) is 29.3 Å². The van der Waals surface area contributed by atoms with Crippen LogP contribution in [0.4, 0.5) is 5.69 Å². The Balaban J connectivity index is 2.62. The second-order valence-electron chi connectivity index (χ2n) is 3.09. The maximum atomic E-state index is 8.54. The number of aliphatic imine (C=N–C) groups is 2. The van der Waals surface area contributed by atoms with E-state index in [1.165, 1.54) is 0 Å². The van der Waals surface area contributed by atoms with Crippen LogP contribution in [-0.2, 0) is 0 Å². The summed E-state index contributed by atoms with van der Waals surface area (Å²) in [5.41, 5.74) is 11.8. The van der Waals surface area contributed by atoms with Crippen molar-refractivity contribution < 1.29 is 5.11 Å². The number of nitrogens with zero attached hydrogens (tertiary/aromatic N) is 2. The average molecular weight is 256 g/mol. The first kappa shape index (κ1) is 13.3. The van der Waals surface area contributed by atoms with E-state index in [2.05, 4.69) is 15.3 Å². The number of aliphatic hydroxyl groups is 1. The number of aliphatic hydroxyl groups excluding tert-OH is 1. The van der Waals surface area contributed by atoms with Gasteiger partial charge in [-0.15, -0.1) is 0 Å². The van der Waals surface area contributed by atoms with Gasteiger partial charge in [0.2, 0.25) is 11.9 Å². The lowest BCUT2D eigenvalue weighted by Gasteiger charge is -2.04. The van der Waals surface area contributed by atoms with Gasteiger partial charge >= 0.3 is 0 Å². The number of hydrogen-bond acceptors (Lipinski definition) is 2. The van der Waals surface area contributed by atoms with Crippen LogP contribution in [0.15, 0.2) is 34.3 Å². The van der Waals surface area contributed by atoms with Crippen LogP contribution in [0.5, 0.6) is 0 Å². The van der Waals surface area contributed by atoms with E-state index < -0.39 is 0 Å². The van der Waals surface area contributed by atoms with E-state index in [9.17, 15) is 0 Å². The lowest BCUT2D eigenvalue weighted by atomic mass is 10.3. The van der Waals surface area contributed by atoms with Gasteiger partial charge in [-0.2, -0.15) is 4.99 Å². The van der Waals surface area contributed by atoms with Crippen LogP contribution in [0.25, 0.3) is 0 Å². The number of benzene rings is 1. The molecule has 7 heteroatoms. The second-order valence-corrected chi connectivity index (χ2v) is 3.53. The van der Waals surface area contributed by atoms with Gasteiger partial charge in [0.15, 0.2) is 0 Å². The van der Waals surface area contributed by atoms with Crippen molar-refractivity contribution in [2.75, 3.05) is 18.5 Å². The van der Waals surface area contributed by atoms with Crippen LogP contribution in [0.1, 0.15) is 0 Å². The zero-order valence-corrected chi connectivity index (χ0v) is 9.85. The Morgan fingerprint density at radius 2 is 1.94 bits per heavy atom. The third-order valence-electron chi connectivity index (χ3n) is 1.73. The summed E-state index contributed by atoms with van der Waals surface area (Å²) < 4.78 is 0. The van der Waals surface area contributed by atoms with Crippen molar-refractivity contribution in [1.82, 2.24) is 0 Å². The number of rotatable bonds is 3. The molecule has 0 radical (unpaired) electrons. The third-order valence-corrected chi connectivity index (χ3v) is 1.98. The minimum atomic E-state index is -0.0826. The third kappa shape index (κ3) is 5.19. The van der Waals surface area contributed by atoms with Gasteiger partial charge in [-0.1, -0.05) is 11.6 Å². The van der Waals surface area contributed by atoms with Crippen molar-refractivity contribution in [3.63, 3.8) is 0 Å². The monoisotopic (exact) mass is 255 g/mol. The number of nitrogens with two attached hydrogens (primary N) is 2. The highest BCUT2D eigenvalue weighted by Crippen LogP contribution is 2.12. The predicted octanol–water partition coefficient (Wildman–Crippen LogP) is 0.374. The molecule has 0 fully saturated rings. The highest BCUT2D eigenvalue weighted by atomic mass is 35.5. The minimum absolute atomic E-state index is 0.0120. The molecule has 0 unspecified atom stereocenters. The van der Waals surface area contributed by atoms with E-state index in [1.54, 1.807) is 24.3 Å². The molecule has 0 heterocycles. The molecule has 0 aliphatic rings. The summed E-state index contributed by atoms with van der Waals surface area (Å²) >= 11 is 5.74. The molecule has 1 aromatic rings. The maximum absolute atomic E-state index is 8.54. The maximum Gasteiger partial charge on any atom is 0.218 e. The van der Waals surface area contributed by atoms with Crippen molar-refractivity contribution in [2.24, 2.45) is 21.5 Å². The smallest absolute Gasteiger partial charge is 0.218 e. The van der Waals surface area contributed by atoms with Gasteiger partial charge in [-0.25, -0.2) is 4.99 Å². The van der Waals surface area contributed by atoms with Crippen LogP contribution >= 0.6 is 11.6 Å². The standard InChI is InChI=1S/C10H14ClN5O/c11-7-1-3-8(4-2-7)15-10(13)16-9(12)14-5-6-17/h1-4,17H,5-6H2,(H5,12,13,14,15,16). The first-order valence-electron chi connectivity index (χ1n) is 4.89. The summed E-state index contributed by atoms with van der Waals surface area (Å²) in [6, 6.07) is 6.96. The van der Waals surface area contributed by atoms with Crippen LogP contribution in [-0.4, -0.2) is 30.2 Å². The van der Waals surface area contributed by atoms with E-state index in [4.69, 9.17) is 28.2 Å². The van der Waals surface area contributed by atoms with Gasteiger partial charge < -0.3 is 21.9 Å². The van der Waals surface area contributed by atoms with E-state index in [1.807, 2.05) is 0 Å². The van der Waals surface area contributed by atoms with Gasteiger partial charge in [0, 0.05) is 10.7 Å². The molecular weight excluding hydrogens is 242 g/mol. The van der Waals surface area contributed by atoms with Crippen molar-refractivity contribution in [1.29, 1.82) is 0 Å².